The third-order valence-corrected chi connectivity index (χ3v) is 8.15. The number of carboxylic acids is 1. The molecule has 0 aliphatic heterocycles. The number of carbonyl (C=O) groups is 4. The first-order chi connectivity index (χ1) is 21.7. The van der Waals surface area contributed by atoms with Crippen LogP contribution in [0.25, 0.3) is 10.9 Å². The van der Waals surface area contributed by atoms with Crippen molar-refractivity contribution in [1.82, 2.24) is 20.9 Å². The van der Waals surface area contributed by atoms with Crippen LogP contribution in [0.4, 0.5) is 0 Å². The number of fused-ring (bicyclic) bond motifs is 1. The van der Waals surface area contributed by atoms with Crippen molar-refractivity contribution in [3.8, 4) is 0 Å². The maximum Gasteiger partial charge on any atom is 0.326 e. The zero-order valence-corrected chi connectivity index (χ0v) is 25.9. The van der Waals surface area contributed by atoms with Gasteiger partial charge in [0.15, 0.2) is 0 Å². The number of aromatic nitrogens is 1. The van der Waals surface area contributed by atoms with Crippen LogP contribution in [0.2, 0.25) is 0 Å². The van der Waals surface area contributed by atoms with Gasteiger partial charge in [0.2, 0.25) is 17.7 Å². The fourth-order valence-corrected chi connectivity index (χ4v) is 5.54. The van der Waals surface area contributed by atoms with Gasteiger partial charge in [-0.3, -0.25) is 14.4 Å². The lowest BCUT2D eigenvalue weighted by molar-refractivity contribution is -0.142. The van der Waals surface area contributed by atoms with Crippen molar-refractivity contribution >= 4 is 46.4 Å². The Morgan fingerprint density at radius 3 is 1.93 bits per heavy atom. The molecule has 0 aliphatic rings. The zero-order valence-electron chi connectivity index (χ0n) is 25.1. The third kappa shape index (κ3) is 9.69. The molecule has 4 aromatic rings. The van der Waals surface area contributed by atoms with Crippen LogP contribution in [0, 0.1) is 0 Å². The Labute approximate surface area is 266 Å². The van der Waals surface area contributed by atoms with Gasteiger partial charge in [-0.05, 0) is 47.6 Å². The number of aliphatic carboxylic acids is 1. The number of hydrogen-bond acceptors (Lipinski definition) is 6. The van der Waals surface area contributed by atoms with Crippen molar-refractivity contribution < 1.29 is 24.3 Å². The summed E-state index contributed by atoms with van der Waals surface area (Å²) in [6.07, 6.45) is 4.41. The molecular weight excluding hydrogens is 590 g/mol. The molecule has 0 radical (unpaired) electrons. The number of benzene rings is 3. The molecule has 4 unspecified atom stereocenters. The average molecular weight is 630 g/mol. The number of hydrogen-bond donors (Lipinski definition) is 6. The first-order valence-corrected chi connectivity index (χ1v) is 16.2. The summed E-state index contributed by atoms with van der Waals surface area (Å²) in [5, 5.41) is 19.1. The van der Waals surface area contributed by atoms with Crippen LogP contribution in [0.1, 0.15) is 23.1 Å². The summed E-state index contributed by atoms with van der Waals surface area (Å²) in [4.78, 5) is 55.7. The number of aromatic amines is 1. The van der Waals surface area contributed by atoms with Gasteiger partial charge in [0.25, 0.3) is 0 Å². The van der Waals surface area contributed by atoms with Crippen LogP contribution in [0.3, 0.4) is 0 Å². The number of para-hydroxylation sites is 1. The molecule has 4 atom stereocenters. The van der Waals surface area contributed by atoms with E-state index in [4.69, 9.17) is 5.73 Å². The second-order valence-corrected chi connectivity index (χ2v) is 11.8. The molecule has 45 heavy (non-hydrogen) atoms. The standard InChI is InChI=1S/C34H39N5O5S/c1-45-17-16-28(37-31(40)26(35)18-22-10-4-2-5-11-22)32(41)38-29(19-23-12-6-3-7-13-23)33(42)39-30(34(43)44)20-24-21-36-27-15-9-8-14-25(24)27/h2-15,21,26,28-30,36H,16-20,35H2,1H3,(H,37,40)(H,38,41)(H,39,42)(H,43,44). The van der Waals surface area contributed by atoms with Crippen molar-refractivity contribution in [2.45, 2.75) is 49.9 Å². The summed E-state index contributed by atoms with van der Waals surface area (Å²) in [7, 11) is 0. The number of amides is 3. The second kappa shape index (κ2) is 16.5. The maximum absolute atomic E-state index is 13.7. The lowest BCUT2D eigenvalue weighted by Gasteiger charge is -2.25. The summed E-state index contributed by atoms with van der Waals surface area (Å²) >= 11 is 1.52. The summed E-state index contributed by atoms with van der Waals surface area (Å²) in [5.41, 5.74) is 9.45. The number of nitrogens with one attached hydrogen (secondary N) is 4. The molecule has 0 saturated carbocycles. The molecule has 1 aromatic heterocycles. The number of thioether (sulfide) groups is 1. The topological polar surface area (TPSA) is 166 Å². The van der Waals surface area contributed by atoms with E-state index in [1.54, 1.807) is 6.20 Å². The fourth-order valence-electron chi connectivity index (χ4n) is 5.07. The maximum atomic E-state index is 13.7. The first kappa shape index (κ1) is 33.3. The third-order valence-electron chi connectivity index (χ3n) is 7.51. The SMILES string of the molecule is CSCCC(NC(=O)C(N)Cc1ccccc1)C(=O)NC(Cc1ccccc1)C(=O)NC(Cc1c[nH]c2ccccc12)C(=O)O. The van der Waals surface area contributed by atoms with Gasteiger partial charge in [0, 0.05) is 29.9 Å². The first-order valence-electron chi connectivity index (χ1n) is 14.8. The van der Waals surface area contributed by atoms with E-state index in [1.165, 1.54) is 11.8 Å². The van der Waals surface area contributed by atoms with Crippen molar-refractivity contribution in [2.75, 3.05) is 12.0 Å². The Balaban J connectivity index is 1.49. The normalized spacial score (nSPS) is 13.7. The van der Waals surface area contributed by atoms with Gasteiger partial charge in [-0.25, -0.2) is 4.79 Å². The van der Waals surface area contributed by atoms with Crippen LogP contribution in [0.15, 0.2) is 91.1 Å². The Hall–Kier alpha value is -4.61. The minimum atomic E-state index is -1.24. The van der Waals surface area contributed by atoms with Gasteiger partial charge in [0.1, 0.15) is 18.1 Å². The predicted octanol–water partition coefficient (Wildman–Crippen LogP) is 2.82. The van der Waals surface area contributed by atoms with Crippen molar-refractivity contribution in [2.24, 2.45) is 5.73 Å². The molecule has 4 rings (SSSR count). The van der Waals surface area contributed by atoms with Gasteiger partial charge < -0.3 is 31.8 Å². The van der Waals surface area contributed by atoms with Gasteiger partial charge in [-0.1, -0.05) is 78.9 Å². The molecule has 236 valence electrons. The number of nitrogens with two attached hydrogens (primary N) is 1. The highest BCUT2D eigenvalue weighted by Gasteiger charge is 2.31. The van der Waals surface area contributed by atoms with Crippen LogP contribution < -0.4 is 21.7 Å². The van der Waals surface area contributed by atoms with E-state index < -0.39 is 47.9 Å². The Morgan fingerprint density at radius 1 is 0.733 bits per heavy atom. The lowest BCUT2D eigenvalue weighted by Crippen LogP contribution is -2.58. The highest BCUT2D eigenvalue weighted by molar-refractivity contribution is 7.98. The minimum absolute atomic E-state index is 0.0444. The lowest BCUT2D eigenvalue weighted by atomic mass is 10.0. The van der Waals surface area contributed by atoms with Crippen molar-refractivity contribution in [1.29, 1.82) is 0 Å². The van der Waals surface area contributed by atoms with Crippen LogP contribution >= 0.6 is 11.8 Å². The van der Waals surface area contributed by atoms with E-state index in [0.717, 1.165) is 27.6 Å². The summed E-state index contributed by atoms with van der Waals surface area (Å²) in [5.74, 6) is -2.29. The highest BCUT2D eigenvalue weighted by Crippen LogP contribution is 2.19. The molecule has 0 saturated heterocycles. The summed E-state index contributed by atoms with van der Waals surface area (Å²) < 4.78 is 0. The van der Waals surface area contributed by atoms with Gasteiger partial charge >= 0.3 is 5.97 Å². The summed E-state index contributed by atoms with van der Waals surface area (Å²) in [6, 6.07) is 21.8. The predicted molar refractivity (Wildman–Crippen MR) is 177 cm³/mol. The fraction of sp³-hybridized carbons (Fsp3) is 0.294. The van der Waals surface area contributed by atoms with E-state index >= 15 is 0 Å². The largest absolute Gasteiger partial charge is 0.480 e. The number of rotatable bonds is 16. The van der Waals surface area contributed by atoms with E-state index in [9.17, 15) is 24.3 Å². The smallest absolute Gasteiger partial charge is 0.326 e. The summed E-state index contributed by atoms with van der Waals surface area (Å²) in [6.45, 7) is 0. The number of carbonyl (C=O) groups excluding carboxylic acids is 3. The monoisotopic (exact) mass is 629 g/mol. The quantitative estimate of drug-likeness (QED) is 0.111. The Bertz CT molecular complexity index is 1580. The van der Waals surface area contributed by atoms with E-state index in [1.807, 2.05) is 91.2 Å². The van der Waals surface area contributed by atoms with Gasteiger partial charge in [0.05, 0.1) is 6.04 Å². The van der Waals surface area contributed by atoms with Gasteiger partial charge in [-0.15, -0.1) is 0 Å². The molecule has 3 aromatic carbocycles. The van der Waals surface area contributed by atoms with E-state index in [0.29, 0.717) is 18.6 Å². The Morgan fingerprint density at radius 2 is 1.29 bits per heavy atom. The molecule has 11 heteroatoms. The molecule has 0 bridgehead atoms. The van der Waals surface area contributed by atoms with Crippen LogP contribution in [-0.4, -0.2) is 70.0 Å². The molecule has 10 nitrogen and oxygen atoms in total. The van der Waals surface area contributed by atoms with Crippen molar-refractivity contribution in [3.63, 3.8) is 0 Å². The molecule has 0 fully saturated rings. The molecular formula is C34H39N5O5S. The molecule has 7 N–H and O–H groups in total. The molecule has 1 heterocycles. The van der Waals surface area contributed by atoms with Crippen LogP contribution in [-0.2, 0) is 38.4 Å². The molecule has 3 amide bonds. The average Bonchev–Trinajstić information content (AvgIpc) is 3.45. The Kier molecular flexibility index (Phi) is 12.2. The number of carboxylic acid groups (broad SMARTS) is 1. The van der Waals surface area contributed by atoms with Crippen LogP contribution in [0.5, 0.6) is 0 Å². The van der Waals surface area contributed by atoms with E-state index in [-0.39, 0.29) is 12.8 Å². The zero-order chi connectivity index (χ0) is 32.2. The minimum Gasteiger partial charge on any atom is -0.480 e. The highest BCUT2D eigenvalue weighted by atomic mass is 32.2. The van der Waals surface area contributed by atoms with E-state index in [2.05, 4.69) is 20.9 Å². The van der Waals surface area contributed by atoms with Gasteiger partial charge in [-0.2, -0.15) is 11.8 Å². The molecule has 0 spiro atoms. The second-order valence-electron chi connectivity index (χ2n) is 10.9. The molecule has 0 aliphatic carbocycles. The van der Waals surface area contributed by atoms with Crippen molar-refractivity contribution in [3.05, 3.63) is 108 Å². The number of H-pyrrole nitrogens is 1.